The Kier molecular flexibility index (Phi) is 4.22. The minimum atomic E-state index is -0.263. The van der Waals surface area contributed by atoms with Gasteiger partial charge in [-0.2, -0.15) is 0 Å². The van der Waals surface area contributed by atoms with Crippen LogP contribution in [0, 0.1) is 5.92 Å². The molecule has 94 valence electrons. The van der Waals surface area contributed by atoms with E-state index in [0.717, 1.165) is 35.3 Å². The van der Waals surface area contributed by atoms with E-state index in [9.17, 15) is 9.90 Å². The Morgan fingerprint density at radius 2 is 2.24 bits per heavy atom. The molecule has 1 fully saturated rings. The fourth-order valence-electron chi connectivity index (χ4n) is 2.17. The van der Waals surface area contributed by atoms with Crippen LogP contribution in [0.15, 0.2) is 15.9 Å². The third-order valence-corrected chi connectivity index (χ3v) is 5.15. The van der Waals surface area contributed by atoms with Gasteiger partial charge in [-0.3, -0.25) is 4.79 Å². The van der Waals surface area contributed by atoms with Crippen molar-refractivity contribution in [3.63, 3.8) is 0 Å². The van der Waals surface area contributed by atoms with E-state index in [-0.39, 0.29) is 12.0 Å². The largest absolute Gasteiger partial charge is 0.393 e. The minimum Gasteiger partial charge on any atom is -0.393 e. The first-order chi connectivity index (χ1) is 8.09. The second-order valence-corrected chi connectivity index (χ2v) is 6.24. The van der Waals surface area contributed by atoms with Crippen LogP contribution in [0.2, 0.25) is 0 Å². The maximum absolute atomic E-state index is 12.2. The summed E-state index contributed by atoms with van der Waals surface area (Å²) in [7, 11) is 0. The SMILES string of the molecule is CC(O)C1CCN(C(=O)c2sccc2Br)CC1. The Hall–Kier alpha value is -0.390. The number of carbonyl (C=O) groups is 1. The van der Waals surface area contributed by atoms with E-state index in [1.165, 1.54) is 11.3 Å². The summed E-state index contributed by atoms with van der Waals surface area (Å²) in [4.78, 5) is 14.9. The van der Waals surface area contributed by atoms with Crippen LogP contribution >= 0.6 is 27.3 Å². The van der Waals surface area contributed by atoms with Crippen LogP contribution in [-0.4, -0.2) is 35.1 Å². The highest BCUT2D eigenvalue weighted by Crippen LogP contribution is 2.27. The van der Waals surface area contributed by atoms with Crippen LogP contribution in [-0.2, 0) is 0 Å². The number of halogens is 1. The van der Waals surface area contributed by atoms with E-state index in [4.69, 9.17) is 0 Å². The van der Waals surface area contributed by atoms with Crippen molar-refractivity contribution in [2.75, 3.05) is 13.1 Å². The number of thiophene rings is 1. The molecule has 0 spiro atoms. The smallest absolute Gasteiger partial charge is 0.265 e. The molecule has 1 atom stereocenters. The van der Waals surface area contributed by atoms with Gasteiger partial charge < -0.3 is 10.0 Å². The Morgan fingerprint density at radius 1 is 1.59 bits per heavy atom. The maximum Gasteiger partial charge on any atom is 0.265 e. The van der Waals surface area contributed by atoms with Gasteiger partial charge >= 0.3 is 0 Å². The van der Waals surface area contributed by atoms with Crippen molar-refractivity contribution < 1.29 is 9.90 Å². The Balaban J connectivity index is 1.98. The van der Waals surface area contributed by atoms with Gasteiger partial charge in [0.2, 0.25) is 0 Å². The van der Waals surface area contributed by atoms with Crippen LogP contribution < -0.4 is 0 Å². The summed E-state index contributed by atoms with van der Waals surface area (Å²) in [5.74, 6) is 0.446. The number of likely N-dealkylation sites (tertiary alicyclic amines) is 1. The molecule has 5 heteroatoms. The highest BCUT2D eigenvalue weighted by atomic mass is 79.9. The van der Waals surface area contributed by atoms with E-state index in [0.29, 0.717) is 5.92 Å². The molecular weight excluding hydrogens is 302 g/mol. The Morgan fingerprint density at radius 3 is 2.71 bits per heavy atom. The van der Waals surface area contributed by atoms with Crippen LogP contribution in [0.3, 0.4) is 0 Å². The molecule has 0 aromatic carbocycles. The monoisotopic (exact) mass is 317 g/mol. The molecule has 1 saturated heterocycles. The van der Waals surface area contributed by atoms with Gasteiger partial charge in [0, 0.05) is 17.6 Å². The van der Waals surface area contributed by atoms with Crippen LogP contribution in [0.1, 0.15) is 29.4 Å². The van der Waals surface area contributed by atoms with E-state index >= 15 is 0 Å². The van der Waals surface area contributed by atoms with Crippen molar-refractivity contribution in [2.24, 2.45) is 5.92 Å². The second kappa shape index (κ2) is 5.50. The lowest BCUT2D eigenvalue weighted by atomic mass is 9.92. The van der Waals surface area contributed by atoms with Crippen molar-refractivity contribution in [3.05, 3.63) is 20.8 Å². The van der Waals surface area contributed by atoms with Gasteiger partial charge in [0.25, 0.3) is 5.91 Å². The van der Waals surface area contributed by atoms with Crippen molar-refractivity contribution in [2.45, 2.75) is 25.9 Å². The predicted molar refractivity (Wildman–Crippen MR) is 72.3 cm³/mol. The molecule has 2 heterocycles. The number of piperidine rings is 1. The van der Waals surface area contributed by atoms with Crippen molar-refractivity contribution in [3.8, 4) is 0 Å². The van der Waals surface area contributed by atoms with Gasteiger partial charge in [0.15, 0.2) is 0 Å². The number of aliphatic hydroxyl groups excluding tert-OH is 1. The van der Waals surface area contributed by atoms with Gasteiger partial charge in [0.05, 0.1) is 6.10 Å². The van der Waals surface area contributed by atoms with E-state index in [1.54, 1.807) is 0 Å². The van der Waals surface area contributed by atoms with Crippen LogP contribution in [0.5, 0.6) is 0 Å². The molecule has 2 rings (SSSR count). The van der Waals surface area contributed by atoms with Gasteiger partial charge in [-0.05, 0) is 53.1 Å². The molecule has 0 radical (unpaired) electrons. The zero-order chi connectivity index (χ0) is 12.4. The standard InChI is InChI=1S/C12H16BrNO2S/c1-8(15)9-2-5-14(6-3-9)12(16)11-10(13)4-7-17-11/h4,7-9,15H,2-3,5-6H2,1H3. The Labute approximate surface area is 114 Å². The molecule has 1 aliphatic heterocycles. The highest BCUT2D eigenvalue weighted by Gasteiger charge is 2.27. The molecule has 1 aromatic rings. The highest BCUT2D eigenvalue weighted by molar-refractivity contribution is 9.10. The zero-order valence-electron chi connectivity index (χ0n) is 9.73. The van der Waals surface area contributed by atoms with E-state index in [2.05, 4.69) is 15.9 Å². The maximum atomic E-state index is 12.2. The molecule has 0 saturated carbocycles. The van der Waals surface area contributed by atoms with Gasteiger partial charge in [-0.25, -0.2) is 0 Å². The van der Waals surface area contributed by atoms with E-state index in [1.807, 2.05) is 23.3 Å². The van der Waals surface area contributed by atoms with Crippen LogP contribution in [0.25, 0.3) is 0 Å². The van der Waals surface area contributed by atoms with Crippen LogP contribution in [0.4, 0.5) is 0 Å². The van der Waals surface area contributed by atoms with Crippen molar-refractivity contribution in [1.29, 1.82) is 0 Å². The molecule has 0 aliphatic carbocycles. The molecule has 1 N–H and O–H groups in total. The molecule has 1 aromatic heterocycles. The third kappa shape index (κ3) is 2.89. The first-order valence-corrected chi connectivity index (χ1v) is 7.47. The van der Waals surface area contributed by atoms with Gasteiger partial charge in [-0.1, -0.05) is 0 Å². The number of carbonyl (C=O) groups excluding carboxylic acids is 1. The molecule has 1 aliphatic rings. The van der Waals surface area contributed by atoms with Gasteiger partial charge in [0.1, 0.15) is 4.88 Å². The molecule has 0 bridgehead atoms. The fraction of sp³-hybridized carbons (Fsp3) is 0.583. The average molecular weight is 318 g/mol. The quantitative estimate of drug-likeness (QED) is 0.911. The third-order valence-electron chi connectivity index (χ3n) is 3.32. The molecule has 1 amide bonds. The lowest BCUT2D eigenvalue weighted by molar-refractivity contribution is 0.0524. The number of hydrogen-bond acceptors (Lipinski definition) is 3. The van der Waals surface area contributed by atoms with Crippen molar-refractivity contribution in [1.82, 2.24) is 4.90 Å². The summed E-state index contributed by atoms with van der Waals surface area (Å²) in [5.41, 5.74) is 0. The van der Waals surface area contributed by atoms with E-state index < -0.39 is 0 Å². The summed E-state index contributed by atoms with van der Waals surface area (Å²) in [5, 5.41) is 11.4. The number of amides is 1. The summed E-state index contributed by atoms with van der Waals surface area (Å²) < 4.78 is 0.880. The predicted octanol–water partition coefficient (Wildman–Crippen LogP) is 2.74. The molecule has 17 heavy (non-hydrogen) atoms. The summed E-state index contributed by atoms with van der Waals surface area (Å²) in [6.45, 7) is 3.33. The topological polar surface area (TPSA) is 40.5 Å². The first-order valence-electron chi connectivity index (χ1n) is 5.80. The zero-order valence-corrected chi connectivity index (χ0v) is 12.1. The summed E-state index contributed by atoms with van der Waals surface area (Å²) in [6.07, 6.45) is 1.53. The first kappa shape index (κ1) is 13.1. The summed E-state index contributed by atoms with van der Waals surface area (Å²) in [6, 6.07) is 1.90. The number of rotatable bonds is 2. The number of aliphatic hydroxyl groups is 1. The molecular formula is C12H16BrNO2S. The summed E-state index contributed by atoms with van der Waals surface area (Å²) >= 11 is 4.86. The number of hydrogen-bond donors (Lipinski definition) is 1. The molecule has 1 unspecified atom stereocenters. The normalized spacial score (nSPS) is 19.4. The minimum absolute atomic E-state index is 0.107. The fourth-order valence-corrected chi connectivity index (χ4v) is 3.68. The molecule has 3 nitrogen and oxygen atoms in total. The second-order valence-electron chi connectivity index (χ2n) is 4.47. The average Bonchev–Trinajstić information content (AvgIpc) is 2.74. The number of nitrogens with zero attached hydrogens (tertiary/aromatic N) is 1. The Bertz CT molecular complexity index is 397. The van der Waals surface area contributed by atoms with Gasteiger partial charge in [-0.15, -0.1) is 11.3 Å². The van der Waals surface area contributed by atoms with Crippen molar-refractivity contribution >= 4 is 33.2 Å². The lowest BCUT2D eigenvalue weighted by Crippen LogP contribution is -2.40. The lowest BCUT2D eigenvalue weighted by Gasteiger charge is -2.33.